The molecule has 7 heteroatoms. The molecule has 0 spiro atoms. The van der Waals surface area contributed by atoms with Crippen LogP contribution in [0.15, 0.2) is 44.2 Å². The van der Waals surface area contributed by atoms with Crippen molar-refractivity contribution in [2.24, 2.45) is 0 Å². The second kappa shape index (κ2) is 5.98. The Morgan fingerprint density at radius 3 is 2.43 bits per heavy atom. The van der Waals surface area contributed by atoms with E-state index in [0.29, 0.717) is 21.4 Å². The van der Waals surface area contributed by atoms with Crippen molar-refractivity contribution in [1.82, 2.24) is 0 Å². The lowest BCUT2D eigenvalue weighted by Crippen LogP contribution is -2.15. The zero-order valence-corrected chi connectivity index (χ0v) is 15.4. The number of nitrogens with one attached hydrogen (secondary N) is 1. The van der Waals surface area contributed by atoms with E-state index in [-0.39, 0.29) is 4.90 Å². The zero-order chi connectivity index (χ0) is 15.8. The van der Waals surface area contributed by atoms with Gasteiger partial charge in [-0.3, -0.25) is 4.72 Å². The van der Waals surface area contributed by atoms with Gasteiger partial charge >= 0.3 is 0 Å². The molecule has 4 nitrogen and oxygen atoms in total. The Labute approximate surface area is 141 Å². The lowest BCUT2D eigenvalue weighted by molar-refractivity contribution is 0.600. The Morgan fingerprint density at radius 2 is 1.76 bits per heavy atom. The SMILES string of the molecule is Cc1cc(N)c(C)c(S(=O)(=O)Nc2cc(Br)ccc2Br)c1. The summed E-state index contributed by atoms with van der Waals surface area (Å²) in [5, 5.41) is 0. The topological polar surface area (TPSA) is 72.2 Å². The largest absolute Gasteiger partial charge is 0.398 e. The van der Waals surface area contributed by atoms with E-state index in [9.17, 15) is 8.42 Å². The van der Waals surface area contributed by atoms with Crippen molar-refractivity contribution < 1.29 is 8.42 Å². The summed E-state index contributed by atoms with van der Waals surface area (Å²) in [4.78, 5) is 0.187. The van der Waals surface area contributed by atoms with Gasteiger partial charge in [0.05, 0.1) is 10.6 Å². The van der Waals surface area contributed by atoms with Gasteiger partial charge in [0, 0.05) is 14.6 Å². The van der Waals surface area contributed by atoms with E-state index < -0.39 is 10.0 Å². The van der Waals surface area contributed by atoms with Crippen LogP contribution in [0.4, 0.5) is 11.4 Å². The van der Waals surface area contributed by atoms with Crippen LogP contribution in [0.25, 0.3) is 0 Å². The average molecular weight is 434 g/mol. The van der Waals surface area contributed by atoms with Crippen LogP contribution in [0.2, 0.25) is 0 Å². The lowest BCUT2D eigenvalue weighted by Gasteiger charge is -2.14. The molecule has 0 bridgehead atoms. The number of anilines is 2. The molecule has 0 aromatic heterocycles. The van der Waals surface area contributed by atoms with E-state index in [4.69, 9.17) is 5.73 Å². The second-order valence-corrected chi connectivity index (χ2v) is 8.13. The standard InChI is InChI=1S/C14H14Br2N2O2S/c1-8-5-12(17)9(2)14(6-8)21(19,20)18-13-7-10(15)3-4-11(13)16/h3-7,18H,17H2,1-2H3. The van der Waals surface area contributed by atoms with Gasteiger partial charge in [-0.25, -0.2) is 8.42 Å². The van der Waals surface area contributed by atoms with E-state index in [2.05, 4.69) is 36.6 Å². The summed E-state index contributed by atoms with van der Waals surface area (Å²) in [6.45, 7) is 3.50. The fourth-order valence-corrected chi connectivity index (χ4v) is 4.18. The monoisotopic (exact) mass is 432 g/mol. The summed E-state index contributed by atoms with van der Waals surface area (Å²) < 4.78 is 29.2. The van der Waals surface area contributed by atoms with Crippen molar-refractivity contribution in [2.45, 2.75) is 18.7 Å². The summed E-state index contributed by atoms with van der Waals surface area (Å²) in [6, 6.07) is 8.64. The lowest BCUT2D eigenvalue weighted by atomic mass is 10.1. The normalized spacial score (nSPS) is 11.4. The third-order valence-corrected chi connectivity index (χ3v) is 5.68. The third-order valence-electron chi connectivity index (χ3n) is 3.01. The van der Waals surface area contributed by atoms with Crippen molar-refractivity contribution in [1.29, 1.82) is 0 Å². The van der Waals surface area contributed by atoms with Crippen LogP contribution in [0.5, 0.6) is 0 Å². The molecule has 0 heterocycles. The number of hydrogen-bond donors (Lipinski definition) is 2. The predicted octanol–water partition coefficient (Wildman–Crippen LogP) is 4.21. The number of rotatable bonds is 3. The minimum absolute atomic E-state index is 0.187. The maximum Gasteiger partial charge on any atom is 0.262 e. The van der Waals surface area contributed by atoms with Gasteiger partial charge in [0.2, 0.25) is 0 Å². The highest BCUT2D eigenvalue weighted by atomic mass is 79.9. The number of halogens is 2. The van der Waals surface area contributed by atoms with Crippen LogP contribution in [0.3, 0.4) is 0 Å². The number of nitrogens with two attached hydrogens (primary N) is 1. The summed E-state index contributed by atoms with van der Waals surface area (Å²) in [6.07, 6.45) is 0. The van der Waals surface area contributed by atoms with Crippen LogP contribution < -0.4 is 10.5 Å². The van der Waals surface area contributed by atoms with Gasteiger partial charge < -0.3 is 5.73 Å². The van der Waals surface area contributed by atoms with E-state index in [0.717, 1.165) is 10.0 Å². The fraction of sp³-hybridized carbons (Fsp3) is 0.143. The molecule has 2 aromatic carbocycles. The van der Waals surface area contributed by atoms with Gasteiger partial charge in [0.25, 0.3) is 10.0 Å². The first-order valence-corrected chi connectivity index (χ1v) is 9.12. The molecule has 3 N–H and O–H groups in total. The van der Waals surface area contributed by atoms with Crippen molar-refractivity contribution >= 4 is 53.3 Å². The Kier molecular flexibility index (Phi) is 4.65. The van der Waals surface area contributed by atoms with E-state index in [1.54, 1.807) is 31.2 Å². The highest BCUT2D eigenvalue weighted by molar-refractivity contribution is 9.11. The van der Waals surface area contributed by atoms with Crippen LogP contribution in [-0.2, 0) is 10.0 Å². The van der Waals surface area contributed by atoms with Crippen LogP contribution >= 0.6 is 31.9 Å². The molecule has 21 heavy (non-hydrogen) atoms. The van der Waals surface area contributed by atoms with Gasteiger partial charge in [0.15, 0.2) is 0 Å². The highest BCUT2D eigenvalue weighted by Crippen LogP contribution is 2.30. The molecule has 0 aliphatic carbocycles. The smallest absolute Gasteiger partial charge is 0.262 e. The van der Waals surface area contributed by atoms with E-state index in [1.165, 1.54) is 0 Å². The van der Waals surface area contributed by atoms with E-state index >= 15 is 0 Å². The summed E-state index contributed by atoms with van der Waals surface area (Å²) in [5.74, 6) is 0. The van der Waals surface area contributed by atoms with Gasteiger partial charge in [-0.1, -0.05) is 15.9 Å². The molecule has 2 aromatic rings. The molecular weight excluding hydrogens is 420 g/mol. The van der Waals surface area contributed by atoms with Crippen molar-refractivity contribution in [3.63, 3.8) is 0 Å². The molecule has 0 atom stereocenters. The molecule has 0 saturated carbocycles. The molecule has 0 amide bonds. The number of benzene rings is 2. The average Bonchev–Trinajstić information content (AvgIpc) is 2.37. The van der Waals surface area contributed by atoms with Crippen LogP contribution in [0.1, 0.15) is 11.1 Å². The Balaban J connectivity index is 2.51. The van der Waals surface area contributed by atoms with Crippen LogP contribution in [-0.4, -0.2) is 8.42 Å². The first-order valence-electron chi connectivity index (χ1n) is 6.05. The van der Waals surface area contributed by atoms with Crippen LogP contribution in [0, 0.1) is 13.8 Å². The number of sulfonamides is 1. The molecule has 0 radical (unpaired) electrons. The molecule has 0 unspecified atom stereocenters. The van der Waals surface area contributed by atoms with Crippen molar-refractivity contribution in [3.8, 4) is 0 Å². The summed E-state index contributed by atoms with van der Waals surface area (Å²) in [7, 11) is -3.71. The molecular formula is C14H14Br2N2O2S. The first kappa shape index (κ1) is 16.3. The third kappa shape index (κ3) is 3.59. The molecule has 112 valence electrons. The highest BCUT2D eigenvalue weighted by Gasteiger charge is 2.20. The second-order valence-electron chi connectivity index (χ2n) is 4.71. The minimum Gasteiger partial charge on any atom is -0.398 e. The zero-order valence-electron chi connectivity index (χ0n) is 11.4. The number of hydrogen-bond acceptors (Lipinski definition) is 3. The van der Waals surface area contributed by atoms with E-state index in [1.807, 2.05) is 13.0 Å². The number of aryl methyl sites for hydroxylation is 1. The van der Waals surface area contributed by atoms with Gasteiger partial charge in [-0.05, 0) is 71.2 Å². The molecule has 0 fully saturated rings. The quantitative estimate of drug-likeness (QED) is 0.712. The molecule has 2 rings (SSSR count). The summed E-state index contributed by atoms with van der Waals surface area (Å²) in [5.41, 5.74) is 8.12. The molecule has 0 saturated heterocycles. The van der Waals surface area contributed by atoms with Gasteiger partial charge in [-0.15, -0.1) is 0 Å². The summed E-state index contributed by atoms with van der Waals surface area (Å²) >= 11 is 6.65. The number of nitrogen functional groups attached to an aromatic ring is 1. The van der Waals surface area contributed by atoms with Crippen molar-refractivity contribution in [2.75, 3.05) is 10.5 Å². The van der Waals surface area contributed by atoms with Gasteiger partial charge in [-0.2, -0.15) is 0 Å². The predicted molar refractivity (Wildman–Crippen MR) is 93.0 cm³/mol. The van der Waals surface area contributed by atoms with Crippen molar-refractivity contribution in [3.05, 3.63) is 50.4 Å². The fourth-order valence-electron chi connectivity index (χ4n) is 1.91. The molecule has 0 aliphatic heterocycles. The van der Waals surface area contributed by atoms with Gasteiger partial charge in [0.1, 0.15) is 0 Å². The Bertz CT molecular complexity index is 805. The Morgan fingerprint density at radius 1 is 1.10 bits per heavy atom. The maximum absolute atomic E-state index is 12.6. The maximum atomic E-state index is 12.6. The Hall–Kier alpha value is -1.05. The molecule has 0 aliphatic rings. The first-order chi connectivity index (χ1) is 9.70. The minimum atomic E-state index is -3.71.